The molecule has 0 spiro atoms. The molecule has 0 aliphatic heterocycles. The Bertz CT molecular complexity index is 2040. The molecule has 8 rings (SSSR count). The van der Waals surface area contributed by atoms with Crippen LogP contribution in [0, 0.1) is 0 Å². The van der Waals surface area contributed by atoms with Crippen LogP contribution in [0.5, 0.6) is 0 Å². The molecular weight excluding hydrogens is 586 g/mol. The lowest BCUT2D eigenvalue weighted by molar-refractivity contribution is 0.768. The molecule has 43 heavy (non-hydrogen) atoms. The molecule has 1 aliphatic carbocycles. The van der Waals surface area contributed by atoms with Gasteiger partial charge in [0, 0.05) is 21.5 Å². The van der Waals surface area contributed by atoms with Crippen molar-refractivity contribution in [2.45, 2.75) is 5.41 Å². The van der Waals surface area contributed by atoms with E-state index < -0.39 is 5.41 Å². The van der Waals surface area contributed by atoms with Crippen molar-refractivity contribution in [2.75, 3.05) is 4.90 Å². The minimum atomic E-state index is -0.445. The van der Waals surface area contributed by atoms with Gasteiger partial charge in [0.15, 0.2) is 0 Å². The lowest BCUT2D eigenvalue weighted by atomic mass is 9.67. The van der Waals surface area contributed by atoms with Gasteiger partial charge in [-0.3, -0.25) is 0 Å². The smallest absolute Gasteiger partial charge is 0.0714 e. The highest BCUT2D eigenvalue weighted by Gasteiger charge is 2.46. The van der Waals surface area contributed by atoms with Gasteiger partial charge in [-0.1, -0.05) is 137 Å². The molecule has 0 unspecified atom stereocenters. The second kappa shape index (κ2) is 10.4. The SMILES string of the molecule is Brc1ccc(N(c2ccc3c(c2)C(c2ccccc2)(c2ccccc2)c2ccccc2-3)c2ccc3ccccc3c2)cc1. The molecule has 7 aromatic rings. The van der Waals surface area contributed by atoms with Crippen molar-refractivity contribution in [2.24, 2.45) is 0 Å². The van der Waals surface area contributed by atoms with Crippen molar-refractivity contribution in [3.05, 3.63) is 197 Å². The molecule has 1 aliphatic rings. The van der Waals surface area contributed by atoms with Gasteiger partial charge in [0.25, 0.3) is 0 Å². The predicted octanol–water partition coefficient (Wildman–Crippen LogP) is 11.4. The molecule has 204 valence electrons. The third-order valence-corrected chi connectivity index (χ3v) is 9.30. The number of hydrogen-bond donors (Lipinski definition) is 0. The molecule has 0 saturated carbocycles. The molecule has 0 N–H and O–H groups in total. The molecule has 1 nitrogen and oxygen atoms in total. The van der Waals surface area contributed by atoms with Crippen LogP contribution in [-0.2, 0) is 5.41 Å². The van der Waals surface area contributed by atoms with E-state index in [9.17, 15) is 0 Å². The van der Waals surface area contributed by atoms with E-state index in [1.807, 2.05) is 0 Å². The van der Waals surface area contributed by atoms with Crippen molar-refractivity contribution in [1.82, 2.24) is 0 Å². The van der Waals surface area contributed by atoms with Gasteiger partial charge in [0.05, 0.1) is 5.41 Å². The Morgan fingerprint density at radius 1 is 0.395 bits per heavy atom. The Morgan fingerprint density at radius 2 is 0.930 bits per heavy atom. The second-order valence-corrected chi connectivity index (χ2v) is 12.0. The lowest BCUT2D eigenvalue weighted by Crippen LogP contribution is -2.28. The molecule has 0 amide bonds. The van der Waals surface area contributed by atoms with Crippen LogP contribution in [-0.4, -0.2) is 0 Å². The number of benzene rings is 7. The van der Waals surface area contributed by atoms with Crippen LogP contribution >= 0.6 is 15.9 Å². The Labute approximate surface area is 260 Å². The van der Waals surface area contributed by atoms with Crippen LogP contribution in [0.2, 0.25) is 0 Å². The number of anilines is 3. The van der Waals surface area contributed by atoms with E-state index in [4.69, 9.17) is 0 Å². The summed E-state index contributed by atoms with van der Waals surface area (Å²) in [6, 6.07) is 61.8. The summed E-state index contributed by atoms with van der Waals surface area (Å²) in [4.78, 5) is 2.38. The topological polar surface area (TPSA) is 3.24 Å². The van der Waals surface area contributed by atoms with Gasteiger partial charge in [-0.15, -0.1) is 0 Å². The van der Waals surface area contributed by atoms with Crippen LogP contribution in [0.3, 0.4) is 0 Å². The summed E-state index contributed by atoms with van der Waals surface area (Å²) in [5.74, 6) is 0. The van der Waals surface area contributed by atoms with Crippen molar-refractivity contribution >= 4 is 43.8 Å². The zero-order valence-electron chi connectivity index (χ0n) is 23.5. The summed E-state index contributed by atoms with van der Waals surface area (Å²) in [7, 11) is 0. The average Bonchev–Trinajstić information content (AvgIpc) is 3.37. The molecule has 0 radical (unpaired) electrons. The minimum Gasteiger partial charge on any atom is -0.310 e. The molecule has 0 bridgehead atoms. The standard InChI is InChI=1S/C41H28BrN/c42-33-20-23-34(24-21-33)43(35-22-19-29-11-7-8-12-30(29)27-35)36-25-26-38-37-17-9-10-18-39(37)41(40(38)28-36,31-13-3-1-4-14-31)32-15-5-2-6-16-32/h1-28H. The van der Waals surface area contributed by atoms with Gasteiger partial charge in [-0.25, -0.2) is 0 Å². The number of halogens is 1. The summed E-state index contributed by atoms with van der Waals surface area (Å²) < 4.78 is 1.06. The summed E-state index contributed by atoms with van der Waals surface area (Å²) in [5.41, 5.74) is 10.6. The highest BCUT2D eigenvalue weighted by molar-refractivity contribution is 9.10. The van der Waals surface area contributed by atoms with Crippen molar-refractivity contribution < 1.29 is 0 Å². The highest BCUT2D eigenvalue weighted by Crippen LogP contribution is 2.57. The fourth-order valence-electron chi connectivity index (χ4n) is 6.92. The van der Waals surface area contributed by atoms with E-state index in [0.29, 0.717) is 0 Å². The number of nitrogens with zero attached hydrogens (tertiary/aromatic N) is 1. The van der Waals surface area contributed by atoms with Gasteiger partial charge < -0.3 is 4.90 Å². The monoisotopic (exact) mass is 613 g/mol. The maximum atomic E-state index is 3.64. The van der Waals surface area contributed by atoms with Crippen LogP contribution in [0.4, 0.5) is 17.1 Å². The quantitative estimate of drug-likeness (QED) is 0.186. The third-order valence-electron chi connectivity index (χ3n) is 8.78. The van der Waals surface area contributed by atoms with Crippen molar-refractivity contribution in [1.29, 1.82) is 0 Å². The largest absolute Gasteiger partial charge is 0.310 e. The van der Waals surface area contributed by atoms with Gasteiger partial charge >= 0.3 is 0 Å². The van der Waals surface area contributed by atoms with Crippen molar-refractivity contribution in [3.8, 4) is 11.1 Å². The summed E-state index contributed by atoms with van der Waals surface area (Å²) >= 11 is 3.64. The third kappa shape index (κ3) is 4.13. The zero-order chi connectivity index (χ0) is 28.8. The summed E-state index contributed by atoms with van der Waals surface area (Å²) in [5, 5.41) is 2.46. The normalized spacial score (nSPS) is 13.0. The van der Waals surface area contributed by atoms with Gasteiger partial charge in [0.2, 0.25) is 0 Å². The molecule has 0 aromatic heterocycles. The number of hydrogen-bond acceptors (Lipinski definition) is 1. The molecule has 2 heteroatoms. The Hall–Kier alpha value is -4.92. The molecule has 0 heterocycles. The molecule has 0 atom stereocenters. The van der Waals surface area contributed by atoms with E-state index in [-0.39, 0.29) is 0 Å². The first kappa shape index (κ1) is 25.8. The number of rotatable bonds is 5. The van der Waals surface area contributed by atoms with E-state index in [1.165, 1.54) is 44.2 Å². The van der Waals surface area contributed by atoms with E-state index in [1.54, 1.807) is 0 Å². The fraction of sp³-hybridized carbons (Fsp3) is 0.0244. The van der Waals surface area contributed by atoms with E-state index >= 15 is 0 Å². The minimum absolute atomic E-state index is 0.445. The first-order valence-corrected chi connectivity index (χ1v) is 15.4. The number of fused-ring (bicyclic) bond motifs is 4. The van der Waals surface area contributed by atoms with E-state index in [2.05, 4.69) is 191 Å². The zero-order valence-corrected chi connectivity index (χ0v) is 25.1. The second-order valence-electron chi connectivity index (χ2n) is 11.1. The Morgan fingerprint density at radius 3 is 1.65 bits per heavy atom. The maximum Gasteiger partial charge on any atom is 0.0714 e. The first-order chi connectivity index (χ1) is 21.2. The average molecular weight is 615 g/mol. The predicted molar refractivity (Wildman–Crippen MR) is 184 cm³/mol. The van der Waals surface area contributed by atoms with Crippen LogP contribution in [0.15, 0.2) is 174 Å². The van der Waals surface area contributed by atoms with Gasteiger partial charge in [0.1, 0.15) is 0 Å². The Balaban J connectivity index is 1.42. The van der Waals surface area contributed by atoms with Crippen LogP contribution in [0.25, 0.3) is 21.9 Å². The molecule has 0 saturated heterocycles. The Kier molecular flexibility index (Phi) is 6.24. The van der Waals surface area contributed by atoms with Gasteiger partial charge in [-0.2, -0.15) is 0 Å². The molecule has 7 aromatic carbocycles. The van der Waals surface area contributed by atoms with Crippen LogP contribution in [0.1, 0.15) is 22.3 Å². The van der Waals surface area contributed by atoms with E-state index in [0.717, 1.165) is 21.5 Å². The fourth-order valence-corrected chi connectivity index (χ4v) is 7.19. The molecule has 0 fully saturated rings. The van der Waals surface area contributed by atoms with Gasteiger partial charge in [-0.05, 0) is 92.7 Å². The summed E-state index contributed by atoms with van der Waals surface area (Å²) in [6.45, 7) is 0. The lowest BCUT2D eigenvalue weighted by Gasteiger charge is -2.35. The highest BCUT2D eigenvalue weighted by atomic mass is 79.9. The molecular formula is C41H28BrN. The van der Waals surface area contributed by atoms with Crippen molar-refractivity contribution in [3.63, 3.8) is 0 Å². The van der Waals surface area contributed by atoms with Crippen LogP contribution < -0.4 is 4.90 Å². The summed E-state index contributed by atoms with van der Waals surface area (Å²) in [6.07, 6.45) is 0. The maximum absolute atomic E-state index is 3.64. The first-order valence-electron chi connectivity index (χ1n) is 14.6.